The molecule has 1 amide bonds. The molecule has 0 saturated carbocycles. The number of thioether (sulfide) groups is 1. The summed E-state index contributed by atoms with van der Waals surface area (Å²) < 4.78 is 5.02. The van der Waals surface area contributed by atoms with E-state index in [0.29, 0.717) is 19.2 Å². The molecule has 15 heavy (non-hydrogen) atoms. The van der Waals surface area contributed by atoms with Crippen molar-refractivity contribution in [1.82, 2.24) is 4.90 Å². The number of nitrogens with zero attached hydrogens (tertiary/aromatic N) is 1. The Morgan fingerprint density at radius 2 is 2.47 bits per heavy atom. The lowest BCUT2D eigenvalue weighted by Gasteiger charge is -2.29. The normalized spacial score (nSPS) is 22.7. The number of methoxy groups -OCH3 is 1. The summed E-state index contributed by atoms with van der Waals surface area (Å²) in [6.07, 6.45) is 1.07. The molecular weight excluding hydrogens is 234 g/mol. The third kappa shape index (κ3) is 3.85. The zero-order valence-electron chi connectivity index (χ0n) is 9.24. The minimum absolute atomic E-state index is 0.0289. The Hall–Kier alpha value is 0.0700. The van der Waals surface area contributed by atoms with Gasteiger partial charge in [-0.25, -0.2) is 0 Å². The van der Waals surface area contributed by atoms with Crippen LogP contribution in [0.15, 0.2) is 0 Å². The largest absolute Gasteiger partial charge is 0.383 e. The minimum atomic E-state index is -0.438. The van der Waals surface area contributed by atoms with Crippen molar-refractivity contribution in [2.45, 2.75) is 24.8 Å². The van der Waals surface area contributed by atoms with Gasteiger partial charge in [0.25, 0.3) is 0 Å². The van der Waals surface area contributed by atoms with Gasteiger partial charge >= 0.3 is 0 Å². The SMILES string of the molecule is COCCN(C(=O)C(C)Cl)C1CCSC1. The van der Waals surface area contributed by atoms with Gasteiger partial charge in [0.05, 0.1) is 6.61 Å². The third-order valence-corrected chi connectivity index (χ3v) is 3.84. The number of alkyl halides is 1. The van der Waals surface area contributed by atoms with Crippen molar-refractivity contribution in [3.05, 3.63) is 0 Å². The molecule has 1 rings (SSSR count). The highest BCUT2D eigenvalue weighted by molar-refractivity contribution is 7.99. The van der Waals surface area contributed by atoms with E-state index in [1.54, 1.807) is 14.0 Å². The quantitative estimate of drug-likeness (QED) is 0.695. The van der Waals surface area contributed by atoms with E-state index < -0.39 is 5.38 Å². The highest BCUT2D eigenvalue weighted by Gasteiger charge is 2.28. The Bertz CT molecular complexity index is 208. The summed E-state index contributed by atoms with van der Waals surface area (Å²) in [5.74, 6) is 2.19. The number of amides is 1. The standard InChI is InChI=1S/C10H18ClNO2S/c1-8(11)10(13)12(4-5-14-2)9-3-6-15-7-9/h8-9H,3-7H2,1-2H3. The van der Waals surface area contributed by atoms with E-state index in [0.717, 1.165) is 17.9 Å². The molecule has 0 N–H and O–H groups in total. The van der Waals surface area contributed by atoms with E-state index in [1.807, 2.05) is 16.7 Å². The molecule has 0 aliphatic carbocycles. The fourth-order valence-corrected chi connectivity index (χ4v) is 3.01. The van der Waals surface area contributed by atoms with Gasteiger partial charge in [-0.15, -0.1) is 11.6 Å². The van der Waals surface area contributed by atoms with Gasteiger partial charge in [-0.3, -0.25) is 4.79 Å². The molecule has 5 heteroatoms. The molecule has 1 aliphatic rings. The number of carbonyl (C=O) groups is 1. The second-order valence-corrected chi connectivity index (χ2v) is 5.46. The minimum Gasteiger partial charge on any atom is -0.383 e. The van der Waals surface area contributed by atoms with Crippen molar-refractivity contribution in [3.8, 4) is 0 Å². The molecule has 1 aliphatic heterocycles. The van der Waals surface area contributed by atoms with E-state index in [-0.39, 0.29) is 5.91 Å². The molecule has 0 aromatic carbocycles. The van der Waals surface area contributed by atoms with E-state index >= 15 is 0 Å². The molecule has 0 aromatic heterocycles. The lowest BCUT2D eigenvalue weighted by Crippen LogP contribution is -2.45. The molecule has 2 unspecified atom stereocenters. The summed E-state index contributed by atoms with van der Waals surface area (Å²) in [6.45, 7) is 2.96. The first-order valence-electron chi connectivity index (χ1n) is 5.18. The summed E-state index contributed by atoms with van der Waals surface area (Å²) in [5, 5.41) is -0.438. The Kier molecular flexibility index (Phi) is 5.79. The number of carbonyl (C=O) groups excluding carboxylic acids is 1. The number of rotatable bonds is 5. The van der Waals surface area contributed by atoms with Crippen LogP contribution in [0.1, 0.15) is 13.3 Å². The molecule has 2 atom stereocenters. The Morgan fingerprint density at radius 1 is 1.73 bits per heavy atom. The van der Waals surface area contributed by atoms with Crippen LogP contribution in [-0.4, -0.2) is 54.0 Å². The Labute approximate surface area is 100 Å². The van der Waals surface area contributed by atoms with Gasteiger partial charge in [-0.1, -0.05) is 0 Å². The van der Waals surface area contributed by atoms with Gasteiger partial charge in [-0.05, 0) is 19.1 Å². The van der Waals surface area contributed by atoms with Gasteiger partial charge in [0.1, 0.15) is 5.38 Å². The summed E-state index contributed by atoms with van der Waals surface area (Å²) >= 11 is 7.74. The predicted molar refractivity (Wildman–Crippen MR) is 64.6 cm³/mol. The lowest BCUT2D eigenvalue weighted by atomic mass is 10.2. The summed E-state index contributed by atoms with van der Waals surface area (Å²) in [4.78, 5) is 13.7. The van der Waals surface area contributed by atoms with Crippen LogP contribution < -0.4 is 0 Å². The van der Waals surface area contributed by atoms with E-state index in [2.05, 4.69) is 0 Å². The van der Waals surface area contributed by atoms with Crippen molar-refractivity contribution >= 4 is 29.3 Å². The molecule has 0 spiro atoms. The van der Waals surface area contributed by atoms with Gasteiger partial charge < -0.3 is 9.64 Å². The molecule has 0 bridgehead atoms. The molecular formula is C10H18ClNO2S. The molecule has 1 heterocycles. The first-order chi connectivity index (χ1) is 7.16. The average Bonchev–Trinajstić information content (AvgIpc) is 2.71. The van der Waals surface area contributed by atoms with E-state index in [1.165, 1.54) is 0 Å². The predicted octanol–water partition coefficient (Wildman–Crippen LogP) is 1.59. The maximum atomic E-state index is 11.9. The van der Waals surface area contributed by atoms with Crippen LogP contribution in [0.2, 0.25) is 0 Å². The molecule has 88 valence electrons. The second kappa shape index (κ2) is 6.61. The number of halogens is 1. The first kappa shape index (κ1) is 13.1. The Morgan fingerprint density at radius 3 is 2.93 bits per heavy atom. The second-order valence-electron chi connectivity index (χ2n) is 3.66. The monoisotopic (exact) mass is 251 g/mol. The van der Waals surface area contributed by atoms with E-state index in [9.17, 15) is 4.79 Å². The van der Waals surface area contributed by atoms with E-state index in [4.69, 9.17) is 16.3 Å². The van der Waals surface area contributed by atoms with Crippen molar-refractivity contribution in [2.24, 2.45) is 0 Å². The van der Waals surface area contributed by atoms with Gasteiger partial charge in [-0.2, -0.15) is 11.8 Å². The number of hydrogen-bond donors (Lipinski definition) is 0. The van der Waals surface area contributed by atoms with Crippen LogP contribution in [-0.2, 0) is 9.53 Å². The summed E-state index contributed by atoms with van der Waals surface area (Å²) in [7, 11) is 1.65. The van der Waals surface area contributed by atoms with Gasteiger partial charge in [0.15, 0.2) is 0 Å². The van der Waals surface area contributed by atoms with Crippen LogP contribution in [0.25, 0.3) is 0 Å². The zero-order chi connectivity index (χ0) is 11.3. The maximum absolute atomic E-state index is 11.9. The third-order valence-electron chi connectivity index (χ3n) is 2.51. The van der Waals surface area contributed by atoms with Crippen molar-refractivity contribution in [2.75, 3.05) is 31.8 Å². The highest BCUT2D eigenvalue weighted by Crippen LogP contribution is 2.23. The van der Waals surface area contributed by atoms with Crippen molar-refractivity contribution < 1.29 is 9.53 Å². The van der Waals surface area contributed by atoms with Crippen LogP contribution in [0.4, 0.5) is 0 Å². The average molecular weight is 252 g/mol. The van der Waals surface area contributed by atoms with Gasteiger partial charge in [0, 0.05) is 25.4 Å². The fraction of sp³-hybridized carbons (Fsp3) is 0.900. The Balaban J connectivity index is 2.54. The smallest absolute Gasteiger partial charge is 0.240 e. The van der Waals surface area contributed by atoms with Crippen molar-refractivity contribution in [1.29, 1.82) is 0 Å². The molecule has 1 saturated heterocycles. The lowest BCUT2D eigenvalue weighted by molar-refractivity contribution is -0.133. The fourth-order valence-electron chi connectivity index (χ4n) is 1.66. The first-order valence-corrected chi connectivity index (χ1v) is 6.77. The van der Waals surface area contributed by atoms with Crippen LogP contribution in [0, 0.1) is 0 Å². The zero-order valence-corrected chi connectivity index (χ0v) is 10.8. The number of hydrogen-bond acceptors (Lipinski definition) is 3. The molecule has 1 fully saturated rings. The van der Waals surface area contributed by atoms with Gasteiger partial charge in [0.2, 0.25) is 5.91 Å². The van der Waals surface area contributed by atoms with Crippen LogP contribution >= 0.6 is 23.4 Å². The van der Waals surface area contributed by atoms with Crippen LogP contribution in [0.3, 0.4) is 0 Å². The molecule has 0 radical (unpaired) electrons. The topological polar surface area (TPSA) is 29.5 Å². The van der Waals surface area contributed by atoms with Crippen molar-refractivity contribution in [3.63, 3.8) is 0 Å². The van der Waals surface area contributed by atoms with Crippen LogP contribution in [0.5, 0.6) is 0 Å². The highest BCUT2D eigenvalue weighted by atomic mass is 35.5. The summed E-state index contributed by atoms with van der Waals surface area (Å²) in [6, 6.07) is 0.346. The molecule has 0 aromatic rings. The summed E-state index contributed by atoms with van der Waals surface area (Å²) in [5.41, 5.74) is 0. The maximum Gasteiger partial charge on any atom is 0.240 e. The molecule has 3 nitrogen and oxygen atoms in total. The number of ether oxygens (including phenoxy) is 1.